The van der Waals surface area contributed by atoms with E-state index in [2.05, 4.69) is 51.6 Å². The van der Waals surface area contributed by atoms with Crippen LogP contribution in [-0.4, -0.2) is 44.7 Å². The fraction of sp³-hybridized carbons (Fsp3) is 0.435. The van der Waals surface area contributed by atoms with Crippen molar-refractivity contribution in [2.45, 2.75) is 26.2 Å². The summed E-state index contributed by atoms with van der Waals surface area (Å²) in [6.45, 7) is 4.80. The molecule has 0 radical (unpaired) electrons. The Morgan fingerprint density at radius 3 is 2.57 bits per heavy atom. The van der Waals surface area contributed by atoms with Crippen molar-refractivity contribution in [3.8, 4) is 0 Å². The van der Waals surface area contributed by atoms with E-state index in [1.54, 1.807) is 7.11 Å². The van der Waals surface area contributed by atoms with E-state index >= 15 is 0 Å². The Bertz CT molecular complexity index is 749. The van der Waals surface area contributed by atoms with Gasteiger partial charge in [0.05, 0.1) is 19.8 Å². The van der Waals surface area contributed by atoms with Crippen LogP contribution in [0.2, 0.25) is 0 Å². The number of nitrogens with one attached hydrogen (secondary N) is 1. The molecule has 1 aliphatic heterocycles. The fourth-order valence-corrected chi connectivity index (χ4v) is 3.63. The van der Waals surface area contributed by atoms with E-state index in [-0.39, 0.29) is 0 Å². The zero-order valence-electron chi connectivity index (χ0n) is 16.9. The summed E-state index contributed by atoms with van der Waals surface area (Å²) in [5.74, 6) is 1.54. The smallest absolute Gasteiger partial charge is 0.193 e. The second-order valence-electron chi connectivity index (χ2n) is 7.20. The highest BCUT2D eigenvalue weighted by Crippen LogP contribution is 2.17. The molecule has 3 rings (SSSR count). The number of methoxy groups -OCH3 is 1. The molecule has 2 aromatic carbocycles. The summed E-state index contributed by atoms with van der Waals surface area (Å²) in [5, 5.41) is 3.52. The molecule has 5 nitrogen and oxygen atoms in total. The predicted octanol–water partition coefficient (Wildman–Crippen LogP) is 3.45. The first kappa shape index (κ1) is 20.4. The fourth-order valence-electron chi connectivity index (χ4n) is 3.63. The van der Waals surface area contributed by atoms with Crippen LogP contribution in [0.4, 0.5) is 0 Å². The second kappa shape index (κ2) is 10.8. The summed E-state index contributed by atoms with van der Waals surface area (Å²) >= 11 is 0. The molecule has 0 spiro atoms. The lowest BCUT2D eigenvalue weighted by molar-refractivity contribution is 0.106. The van der Waals surface area contributed by atoms with Crippen LogP contribution in [-0.2, 0) is 29.2 Å². The van der Waals surface area contributed by atoms with E-state index in [1.807, 2.05) is 25.2 Å². The highest BCUT2D eigenvalue weighted by Gasteiger charge is 2.24. The van der Waals surface area contributed by atoms with Crippen LogP contribution >= 0.6 is 0 Å². The molecule has 0 amide bonds. The van der Waals surface area contributed by atoms with Crippen LogP contribution in [0.5, 0.6) is 0 Å². The van der Waals surface area contributed by atoms with Gasteiger partial charge < -0.3 is 19.7 Å². The van der Waals surface area contributed by atoms with Crippen molar-refractivity contribution in [1.29, 1.82) is 0 Å². The first-order valence-corrected chi connectivity index (χ1v) is 9.93. The first-order valence-electron chi connectivity index (χ1n) is 9.93. The molecule has 2 aromatic rings. The number of nitrogens with zero attached hydrogens (tertiary/aromatic N) is 2. The molecule has 1 aliphatic rings. The molecule has 1 atom stereocenters. The van der Waals surface area contributed by atoms with Crippen LogP contribution in [0, 0.1) is 5.92 Å². The van der Waals surface area contributed by atoms with Crippen molar-refractivity contribution < 1.29 is 9.47 Å². The van der Waals surface area contributed by atoms with E-state index in [0.29, 0.717) is 19.1 Å². The van der Waals surface area contributed by atoms with Crippen molar-refractivity contribution in [2.24, 2.45) is 10.9 Å². The van der Waals surface area contributed by atoms with Gasteiger partial charge in [0.1, 0.15) is 0 Å². The Labute approximate surface area is 168 Å². The van der Waals surface area contributed by atoms with E-state index in [1.165, 1.54) is 16.7 Å². The van der Waals surface area contributed by atoms with Crippen LogP contribution in [0.1, 0.15) is 23.1 Å². The van der Waals surface area contributed by atoms with Crippen LogP contribution < -0.4 is 5.32 Å². The Morgan fingerprint density at radius 1 is 1.07 bits per heavy atom. The minimum absolute atomic E-state index is 0.585. The van der Waals surface area contributed by atoms with Crippen molar-refractivity contribution in [1.82, 2.24) is 10.2 Å². The summed E-state index contributed by atoms with van der Waals surface area (Å²) in [6, 6.07) is 18.7. The van der Waals surface area contributed by atoms with Gasteiger partial charge in [-0.05, 0) is 23.1 Å². The van der Waals surface area contributed by atoms with Crippen molar-refractivity contribution in [3.05, 3.63) is 71.3 Å². The Kier molecular flexibility index (Phi) is 7.88. The number of guanidine groups is 1. The maximum Gasteiger partial charge on any atom is 0.193 e. The Hall–Kier alpha value is -2.37. The highest BCUT2D eigenvalue weighted by molar-refractivity contribution is 5.80. The predicted molar refractivity (Wildman–Crippen MR) is 113 cm³/mol. The molecule has 1 unspecified atom stereocenters. The second-order valence-corrected chi connectivity index (χ2v) is 7.20. The molecule has 1 saturated heterocycles. The number of aliphatic imine (C=N–C) groups is 1. The molecule has 0 bridgehead atoms. The Balaban J connectivity index is 1.52. The summed E-state index contributed by atoms with van der Waals surface area (Å²) in [4.78, 5) is 6.79. The van der Waals surface area contributed by atoms with E-state index in [0.717, 1.165) is 38.6 Å². The number of ether oxygens (including phenoxy) is 2. The third kappa shape index (κ3) is 5.81. The molecule has 0 aromatic heterocycles. The molecule has 0 aliphatic carbocycles. The van der Waals surface area contributed by atoms with Gasteiger partial charge in [-0.15, -0.1) is 0 Å². The lowest BCUT2D eigenvalue weighted by atomic mass is 10.1. The molecule has 1 N–H and O–H groups in total. The molecular formula is C23H31N3O2. The number of rotatable bonds is 8. The van der Waals surface area contributed by atoms with Crippen LogP contribution in [0.25, 0.3) is 0 Å². The zero-order chi connectivity index (χ0) is 19.6. The first-order chi connectivity index (χ1) is 13.8. The summed E-state index contributed by atoms with van der Waals surface area (Å²) in [6.07, 6.45) is 1.15. The number of benzene rings is 2. The van der Waals surface area contributed by atoms with E-state index in [4.69, 9.17) is 9.47 Å². The molecule has 28 heavy (non-hydrogen) atoms. The monoisotopic (exact) mass is 381 g/mol. The number of hydrogen-bond donors (Lipinski definition) is 1. The van der Waals surface area contributed by atoms with Gasteiger partial charge in [0, 0.05) is 39.7 Å². The van der Waals surface area contributed by atoms with Gasteiger partial charge in [0.15, 0.2) is 5.96 Å². The van der Waals surface area contributed by atoms with Gasteiger partial charge in [0.2, 0.25) is 0 Å². The molecule has 150 valence electrons. The van der Waals surface area contributed by atoms with Gasteiger partial charge >= 0.3 is 0 Å². The SMILES string of the molecule is CN=C(NCc1ccccc1COCc1ccccc1)N1CCC(COC)C1. The zero-order valence-corrected chi connectivity index (χ0v) is 16.9. The molecule has 1 heterocycles. The maximum absolute atomic E-state index is 5.94. The van der Waals surface area contributed by atoms with Gasteiger partial charge in [0.25, 0.3) is 0 Å². The van der Waals surface area contributed by atoms with Crippen molar-refractivity contribution in [3.63, 3.8) is 0 Å². The number of hydrogen-bond acceptors (Lipinski definition) is 3. The summed E-state index contributed by atoms with van der Waals surface area (Å²) < 4.78 is 11.2. The van der Waals surface area contributed by atoms with Crippen LogP contribution in [0.3, 0.4) is 0 Å². The lowest BCUT2D eigenvalue weighted by Crippen LogP contribution is -2.40. The molecule has 1 fully saturated rings. The highest BCUT2D eigenvalue weighted by atomic mass is 16.5. The average Bonchev–Trinajstić information content (AvgIpc) is 3.19. The quantitative estimate of drug-likeness (QED) is 0.562. The molecule has 0 saturated carbocycles. The van der Waals surface area contributed by atoms with Gasteiger partial charge in [-0.2, -0.15) is 0 Å². The van der Waals surface area contributed by atoms with Crippen molar-refractivity contribution in [2.75, 3.05) is 33.9 Å². The Morgan fingerprint density at radius 2 is 1.82 bits per heavy atom. The minimum atomic E-state index is 0.585. The van der Waals surface area contributed by atoms with Crippen molar-refractivity contribution >= 4 is 5.96 Å². The largest absolute Gasteiger partial charge is 0.384 e. The minimum Gasteiger partial charge on any atom is -0.384 e. The normalized spacial score (nSPS) is 17.1. The number of likely N-dealkylation sites (tertiary alicyclic amines) is 1. The van der Waals surface area contributed by atoms with E-state index < -0.39 is 0 Å². The topological polar surface area (TPSA) is 46.1 Å². The summed E-state index contributed by atoms with van der Waals surface area (Å²) in [7, 11) is 3.62. The third-order valence-corrected chi connectivity index (χ3v) is 5.12. The lowest BCUT2D eigenvalue weighted by Gasteiger charge is -2.22. The van der Waals surface area contributed by atoms with E-state index in [9.17, 15) is 0 Å². The molecular weight excluding hydrogens is 350 g/mol. The van der Waals surface area contributed by atoms with Gasteiger partial charge in [-0.25, -0.2) is 0 Å². The third-order valence-electron chi connectivity index (χ3n) is 5.12. The maximum atomic E-state index is 5.94. The standard InChI is InChI=1S/C23H31N3O2/c1-24-23(26-13-12-20(15-26)16-27-2)25-14-21-10-6-7-11-22(21)18-28-17-19-8-4-3-5-9-19/h3-11,20H,12-18H2,1-2H3,(H,24,25). The summed E-state index contributed by atoms with van der Waals surface area (Å²) in [5.41, 5.74) is 3.64. The van der Waals surface area contributed by atoms with Gasteiger partial charge in [-0.3, -0.25) is 4.99 Å². The average molecular weight is 382 g/mol. The molecule has 5 heteroatoms. The van der Waals surface area contributed by atoms with Crippen LogP contribution in [0.15, 0.2) is 59.6 Å². The van der Waals surface area contributed by atoms with Gasteiger partial charge in [-0.1, -0.05) is 54.6 Å².